The number of hydrogen-bond donors (Lipinski definition) is 0. The maximum atomic E-state index is 11.9. The highest BCUT2D eigenvalue weighted by Crippen LogP contribution is 2.11. The Labute approximate surface area is 103 Å². The van der Waals surface area contributed by atoms with Crippen molar-refractivity contribution < 1.29 is 14.3 Å². The average Bonchev–Trinajstić information content (AvgIpc) is 2.36. The number of benzene rings is 1. The Balaban J connectivity index is 2.71. The van der Waals surface area contributed by atoms with E-state index in [1.165, 1.54) is 0 Å². The van der Waals surface area contributed by atoms with Gasteiger partial charge in [-0.15, -0.1) is 0 Å². The summed E-state index contributed by atoms with van der Waals surface area (Å²) in [7, 11) is 1.63. The highest BCUT2D eigenvalue weighted by Gasteiger charge is 2.12. The van der Waals surface area contributed by atoms with Gasteiger partial charge in [-0.25, -0.2) is 4.79 Å². The lowest BCUT2D eigenvalue weighted by Crippen LogP contribution is -2.16. The summed E-state index contributed by atoms with van der Waals surface area (Å²) in [6, 6.07) is 7.35. The second-order valence-corrected chi connectivity index (χ2v) is 3.98. The molecule has 17 heavy (non-hydrogen) atoms. The lowest BCUT2D eigenvalue weighted by atomic mass is 10.1. The van der Waals surface area contributed by atoms with Crippen molar-refractivity contribution in [2.75, 3.05) is 7.11 Å². The van der Waals surface area contributed by atoms with Crippen LogP contribution in [0.15, 0.2) is 24.3 Å². The summed E-state index contributed by atoms with van der Waals surface area (Å²) < 4.78 is 10.4. The first-order valence-electron chi connectivity index (χ1n) is 6.00. The predicted molar refractivity (Wildman–Crippen MR) is 66.9 cm³/mol. The maximum absolute atomic E-state index is 11.9. The van der Waals surface area contributed by atoms with Gasteiger partial charge in [0.2, 0.25) is 0 Å². The third-order valence-electron chi connectivity index (χ3n) is 2.66. The minimum absolute atomic E-state index is 0.00795. The van der Waals surface area contributed by atoms with Crippen molar-refractivity contribution in [2.24, 2.45) is 0 Å². The van der Waals surface area contributed by atoms with Crippen molar-refractivity contribution in [3.05, 3.63) is 35.4 Å². The van der Waals surface area contributed by atoms with Crippen LogP contribution in [0.2, 0.25) is 0 Å². The first-order chi connectivity index (χ1) is 8.21. The first-order valence-corrected chi connectivity index (χ1v) is 6.00. The van der Waals surface area contributed by atoms with Gasteiger partial charge < -0.3 is 9.47 Å². The van der Waals surface area contributed by atoms with Crippen LogP contribution < -0.4 is 0 Å². The molecule has 0 spiro atoms. The zero-order chi connectivity index (χ0) is 12.7. The van der Waals surface area contributed by atoms with Gasteiger partial charge in [0.15, 0.2) is 0 Å². The Bertz CT molecular complexity index is 356. The first kappa shape index (κ1) is 13.7. The summed E-state index contributed by atoms with van der Waals surface area (Å²) in [4.78, 5) is 11.9. The summed E-state index contributed by atoms with van der Waals surface area (Å²) in [6.07, 6.45) is 1.70. The Morgan fingerprint density at radius 2 is 2.00 bits per heavy atom. The van der Waals surface area contributed by atoms with Crippen molar-refractivity contribution in [1.82, 2.24) is 0 Å². The molecule has 0 bridgehead atoms. The van der Waals surface area contributed by atoms with Crippen molar-refractivity contribution >= 4 is 5.97 Å². The third-order valence-corrected chi connectivity index (χ3v) is 2.66. The van der Waals surface area contributed by atoms with Crippen molar-refractivity contribution in [3.8, 4) is 0 Å². The number of rotatable bonds is 6. The number of carbonyl (C=O) groups is 1. The van der Waals surface area contributed by atoms with Gasteiger partial charge in [0.05, 0.1) is 12.2 Å². The number of ether oxygens (including phenoxy) is 2. The van der Waals surface area contributed by atoms with Crippen LogP contribution >= 0.6 is 0 Å². The lowest BCUT2D eigenvalue weighted by molar-refractivity contribution is 0.0284. The zero-order valence-electron chi connectivity index (χ0n) is 10.7. The topological polar surface area (TPSA) is 35.5 Å². The molecule has 0 saturated carbocycles. The van der Waals surface area contributed by atoms with Crippen molar-refractivity contribution in [2.45, 2.75) is 39.4 Å². The highest BCUT2D eigenvalue weighted by molar-refractivity contribution is 5.89. The Hall–Kier alpha value is -1.35. The van der Waals surface area contributed by atoms with E-state index in [0.717, 1.165) is 18.4 Å². The summed E-state index contributed by atoms with van der Waals surface area (Å²) >= 11 is 0. The Kier molecular flexibility index (Phi) is 5.70. The van der Waals surface area contributed by atoms with Crippen LogP contribution in [0.5, 0.6) is 0 Å². The monoisotopic (exact) mass is 236 g/mol. The van der Waals surface area contributed by atoms with E-state index in [4.69, 9.17) is 9.47 Å². The van der Waals surface area contributed by atoms with Gasteiger partial charge in [0, 0.05) is 7.11 Å². The molecule has 0 fully saturated rings. The van der Waals surface area contributed by atoms with E-state index in [1.54, 1.807) is 13.2 Å². The fourth-order valence-corrected chi connectivity index (χ4v) is 1.63. The second-order valence-electron chi connectivity index (χ2n) is 3.98. The molecule has 0 atom stereocenters. The van der Waals surface area contributed by atoms with Crippen LogP contribution in [0.1, 0.15) is 42.6 Å². The largest absolute Gasteiger partial charge is 0.459 e. The van der Waals surface area contributed by atoms with Gasteiger partial charge in [-0.3, -0.25) is 0 Å². The molecule has 0 aliphatic heterocycles. The number of carbonyl (C=O) groups excluding carboxylic acids is 1. The Morgan fingerprint density at radius 3 is 2.59 bits per heavy atom. The van der Waals surface area contributed by atoms with Crippen LogP contribution in [-0.2, 0) is 16.1 Å². The number of methoxy groups -OCH3 is 1. The molecular weight excluding hydrogens is 216 g/mol. The molecule has 0 heterocycles. The van der Waals surface area contributed by atoms with Crippen LogP contribution in [0.3, 0.4) is 0 Å². The second kappa shape index (κ2) is 7.07. The molecule has 1 aromatic rings. The molecule has 1 rings (SSSR count). The van der Waals surface area contributed by atoms with Gasteiger partial charge in [-0.2, -0.15) is 0 Å². The molecule has 94 valence electrons. The smallest absolute Gasteiger partial charge is 0.338 e. The van der Waals surface area contributed by atoms with E-state index in [2.05, 4.69) is 0 Å². The summed E-state index contributed by atoms with van der Waals surface area (Å²) in [5.41, 5.74) is 1.57. The molecule has 1 aromatic carbocycles. The highest BCUT2D eigenvalue weighted by atomic mass is 16.5. The molecule has 0 aliphatic rings. The normalized spacial score (nSPS) is 10.6. The maximum Gasteiger partial charge on any atom is 0.338 e. The molecule has 0 aliphatic carbocycles. The minimum atomic E-state index is -0.253. The van der Waals surface area contributed by atoms with Gasteiger partial charge in [-0.05, 0) is 30.5 Å². The van der Waals surface area contributed by atoms with Gasteiger partial charge in [-0.1, -0.05) is 26.0 Å². The molecule has 3 nitrogen and oxygen atoms in total. The Morgan fingerprint density at radius 1 is 1.29 bits per heavy atom. The van der Waals surface area contributed by atoms with Gasteiger partial charge in [0.25, 0.3) is 0 Å². The lowest BCUT2D eigenvalue weighted by Gasteiger charge is -2.14. The average molecular weight is 236 g/mol. The third kappa shape index (κ3) is 4.19. The van der Waals surface area contributed by atoms with Crippen LogP contribution in [-0.4, -0.2) is 19.2 Å². The molecule has 0 saturated heterocycles. The van der Waals surface area contributed by atoms with Crippen molar-refractivity contribution in [3.63, 3.8) is 0 Å². The van der Waals surface area contributed by atoms with E-state index in [9.17, 15) is 4.79 Å². The molecular formula is C14H20O3. The van der Waals surface area contributed by atoms with Crippen LogP contribution in [0.4, 0.5) is 0 Å². The molecule has 0 amide bonds. The van der Waals surface area contributed by atoms with E-state index >= 15 is 0 Å². The molecule has 0 aromatic heterocycles. The molecule has 0 N–H and O–H groups in total. The van der Waals surface area contributed by atoms with Crippen LogP contribution in [0.25, 0.3) is 0 Å². The van der Waals surface area contributed by atoms with Crippen molar-refractivity contribution in [1.29, 1.82) is 0 Å². The predicted octanol–water partition coefficient (Wildman–Crippen LogP) is 3.18. The summed E-state index contributed by atoms with van der Waals surface area (Å²) in [5.74, 6) is -0.253. The number of esters is 1. The quantitative estimate of drug-likeness (QED) is 0.712. The number of hydrogen-bond acceptors (Lipinski definition) is 3. The molecule has 3 heteroatoms. The van der Waals surface area contributed by atoms with E-state index in [0.29, 0.717) is 12.2 Å². The minimum Gasteiger partial charge on any atom is -0.459 e. The molecule has 0 radical (unpaired) electrons. The van der Waals surface area contributed by atoms with Gasteiger partial charge >= 0.3 is 5.97 Å². The molecule has 0 unspecified atom stereocenters. The van der Waals surface area contributed by atoms with Crippen LogP contribution in [0, 0.1) is 0 Å². The van der Waals surface area contributed by atoms with Gasteiger partial charge in [0.1, 0.15) is 6.10 Å². The van der Waals surface area contributed by atoms with E-state index in [-0.39, 0.29) is 12.1 Å². The zero-order valence-corrected chi connectivity index (χ0v) is 10.7. The summed E-state index contributed by atoms with van der Waals surface area (Å²) in [6.45, 7) is 4.54. The fourth-order valence-electron chi connectivity index (χ4n) is 1.63. The fraction of sp³-hybridized carbons (Fsp3) is 0.500. The van der Waals surface area contributed by atoms with E-state index < -0.39 is 0 Å². The SMILES string of the molecule is CCC(CC)OC(=O)c1cccc(COC)c1. The standard InChI is InChI=1S/C14H20O3/c1-4-13(5-2)17-14(15)12-8-6-7-11(9-12)10-16-3/h6-9,13H,4-5,10H2,1-3H3. The van der Waals surface area contributed by atoms with E-state index in [1.807, 2.05) is 32.0 Å². The summed E-state index contributed by atoms with van der Waals surface area (Å²) in [5, 5.41) is 0.